The van der Waals surface area contributed by atoms with E-state index in [0.29, 0.717) is 0 Å². The minimum absolute atomic E-state index is 0.889. The Kier molecular flexibility index (Phi) is 4.61. The average Bonchev–Trinajstić information content (AvgIpc) is 2.40. The summed E-state index contributed by atoms with van der Waals surface area (Å²) < 4.78 is 4.64. The number of hydrogen-bond donors (Lipinski definition) is 7. The van der Waals surface area contributed by atoms with Crippen molar-refractivity contribution in [2.75, 3.05) is 6.61 Å². The molecule has 9 heteroatoms. The summed E-state index contributed by atoms with van der Waals surface area (Å²) in [6, 6.07) is 0. The van der Waals surface area contributed by atoms with Gasteiger partial charge in [0.1, 0.15) is 24.4 Å². The van der Waals surface area contributed by atoms with Crippen molar-refractivity contribution in [1.82, 2.24) is 0 Å². The zero-order valence-corrected chi connectivity index (χ0v) is 9.25. The van der Waals surface area contributed by atoms with Crippen LogP contribution < -0.4 is 0 Å². The van der Waals surface area contributed by atoms with E-state index >= 15 is 0 Å². The molecule has 0 aromatic rings. The fourth-order valence-electron chi connectivity index (χ4n) is 1.72. The molecule has 1 heterocycles. The largest absolute Gasteiger partial charge is 0.477 e. The molecule has 7 N–H and O–H groups in total. The monoisotopic (exact) mass is 268 g/mol. The standard InChI is InChI=1S/C9H16O9/c10-2-4(12)7-6(14)5(13)3(11)1-9(17,18-7)8(15)16/h3-7,10-14,17H,1-2H2,(H,15,16)/t3-,4+,5+,6+,7+,9?/m0/s1. The van der Waals surface area contributed by atoms with Gasteiger partial charge in [-0.1, -0.05) is 0 Å². The molecular weight excluding hydrogens is 252 g/mol. The SMILES string of the molecule is O=C(O)C1(O)C[C@H](O)[C@@H](O)[C@@H](O)[C@@H]([C@H](O)CO)O1. The highest BCUT2D eigenvalue weighted by Gasteiger charge is 2.51. The molecule has 1 fully saturated rings. The van der Waals surface area contributed by atoms with E-state index in [1.54, 1.807) is 0 Å². The Bertz CT molecular complexity index is 308. The van der Waals surface area contributed by atoms with Gasteiger partial charge in [0.05, 0.1) is 12.7 Å². The van der Waals surface area contributed by atoms with Crippen molar-refractivity contribution in [3.8, 4) is 0 Å². The molecule has 18 heavy (non-hydrogen) atoms. The molecule has 0 aromatic carbocycles. The first-order valence-corrected chi connectivity index (χ1v) is 5.19. The molecule has 0 aromatic heterocycles. The Morgan fingerprint density at radius 3 is 2.33 bits per heavy atom. The number of carboxylic acids is 1. The fraction of sp³-hybridized carbons (Fsp3) is 0.889. The Balaban J connectivity index is 3.06. The van der Waals surface area contributed by atoms with E-state index in [1.165, 1.54) is 0 Å². The Hall–Kier alpha value is -0.810. The first-order chi connectivity index (χ1) is 8.23. The molecule has 106 valence electrons. The zero-order valence-electron chi connectivity index (χ0n) is 9.25. The van der Waals surface area contributed by atoms with Gasteiger partial charge in [0.15, 0.2) is 0 Å². The van der Waals surface area contributed by atoms with Crippen LogP contribution in [0.2, 0.25) is 0 Å². The van der Waals surface area contributed by atoms with E-state index in [0.717, 1.165) is 0 Å². The highest BCUT2D eigenvalue weighted by Crippen LogP contribution is 2.28. The number of aliphatic hydroxyl groups is 6. The third kappa shape index (κ3) is 2.78. The molecule has 0 aliphatic carbocycles. The maximum atomic E-state index is 10.9. The van der Waals surface area contributed by atoms with Gasteiger partial charge in [-0.2, -0.15) is 0 Å². The molecule has 9 nitrogen and oxygen atoms in total. The highest BCUT2D eigenvalue weighted by atomic mass is 16.7. The number of aliphatic hydroxyl groups excluding tert-OH is 5. The first kappa shape index (κ1) is 15.2. The number of carboxylic acid groups (broad SMARTS) is 1. The maximum absolute atomic E-state index is 10.9. The van der Waals surface area contributed by atoms with Crippen molar-refractivity contribution in [3.05, 3.63) is 0 Å². The maximum Gasteiger partial charge on any atom is 0.364 e. The summed E-state index contributed by atoms with van der Waals surface area (Å²) in [5.74, 6) is -4.73. The molecular formula is C9H16O9. The number of rotatable bonds is 3. The summed E-state index contributed by atoms with van der Waals surface area (Å²) in [6.07, 6.45) is -9.85. The summed E-state index contributed by atoms with van der Waals surface area (Å²) in [7, 11) is 0. The predicted molar refractivity (Wildman–Crippen MR) is 53.2 cm³/mol. The predicted octanol–water partition coefficient (Wildman–Crippen LogP) is -4.02. The van der Waals surface area contributed by atoms with Crippen LogP contribution in [0.4, 0.5) is 0 Å². The molecule has 0 bridgehead atoms. The van der Waals surface area contributed by atoms with Crippen LogP contribution in [-0.4, -0.2) is 84.6 Å². The fourth-order valence-corrected chi connectivity index (χ4v) is 1.72. The van der Waals surface area contributed by atoms with E-state index in [9.17, 15) is 30.3 Å². The van der Waals surface area contributed by atoms with Crippen LogP contribution >= 0.6 is 0 Å². The summed E-state index contributed by atoms with van der Waals surface area (Å²) in [6.45, 7) is -0.889. The zero-order chi connectivity index (χ0) is 14.1. The van der Waals surface area contributed by atoms with Gasteiger partial charge in [-0.3, -0.25) is 0 Å². The van der Waals surface area contributed by atoms with Crippen molar-refractivity contribution in [2.24, 2.45) is 0 Å². The lowest BCUT2D eigenvalue weighted by Gasteiger charge is -2.30. The van der Waals surface area contributed by atoms with Crippen LogP contribution in [-0.2, 0) is 9.53 Å². The quantitative estimate of drug-likeness (QED) is 0.269. The minimum Gasteiger partial charge on any atom is -0.477 e. The van der Waals surface area contributed by atoms with E-state index < -0.39 is 55.3 Å². The molecule has 0 radical (unpaired) electrons. The second-order valence-electron chi connectivity index (χ2n) is 4.17. The van der Waals surface area contributed by atoms with Crippen molar-refractivity contribution >= 4 is 5.97 Å². The third-order valence-electron chi connectivity index (χ3n) is 2.80. The Morgan fingerprint density at radius 1 is 1.33 bits per heavy atom. The van der Waals surface area contributed by atoms with E-state index in [4.69, 9.17) is 10.2 Å². The summed E-state index contributed by atoms with van der Waals surface area (Å²) in [4.78, 5) is 10.9. The number of carbonyl (C=O) groups is 1. The molecule has 0 amide bonds. The van der Waals surface area contributed by atoms with Crippen molar-refractivity contribution in [3.63, 3.8) is 0 Å². The van der Waals surface area contributed by atoms with Gasteiger partial charge in [0.25, 0.3) is 5.79 Å². The lowest BCUT2D eigenvalue weighted by molar-refractivity contribution is -0.264. The molecule has 1 unspecified atom stereocenters. The summed E-state index contributed by atoms with van der Waals surface area (Å²) >= 11 is 0. The highest BCUT2D eigenvalue weighted by molar-refractivity contribution is 5.75. The van der Waals surface area contributed by atoms with Crippen LogP contribution in [0.15, 0.2) is 0 Å². The van der Waals surface area contributed by atoms with Crippen LogP contribution in [0.25, 0.3) is 0 Å². The van der Waals surface area contributed by atoms with Crippen molar-refractivity contribution in [1.29, 1.82) is 0 Å². The lowest BCUT2D eigenvalue weighted by Crippen LogP contribution is -2.51. The van der Waals surface area contributed by atoms with Crippen LogP contribution in [0.5, 0.6) is 0 Å². The Labute approximate surface area is 101 Å². The van der Waals surface area contributed by atoms with Gasteiger partial charge in [0.2, 0.25) is 0 Å². The third-order valence-corrected chi connectivity index (χ3v) is 2.80. The second-order valence-corrected chi connectivity index (χ2v) is 4.17. The van der Waals surface area contributed by atoms with E-state index in [-0.39, 0.29) is 0 Å². The van der Waals surface area contributed by atoms with Gasteiger partial charge in [-0.15, -0.1) is 0 Å². The van der Waals surface area contributed by atoms with Crippen molar-refractivity contribution in [2.45, 2.75) is 42.7 Å². The molecule has 1 saturated heterocycles. The molecule has 1 rings (SSSR count). The topological polar surface area (TPSA) is 168 Å². The Morgan fingerprint density at radius 2 is 1.89 bits per heavy atom. The number of aliphatic carboxylic acids is 1. The normalized spacial score (nSPS) is 43.2. The van der Waals surface area contributed by atoms with Gasteiger partial charge in [-0.05, 0) is 0 Å². The van der Waals surface area contributed by atoms with Crippen LogP contribution in [0.1, 0.15) is 6.42 Å². The molecule has 6 atom stereocenters. The second kappa shape index (κ2) is 5.45. The van der Waals surface area contributed by atoms with Crippen LogP contribution in [0.3, 0.4) is 0 Å². The molecule has 0 saturated carbocycles. The first-order valence-electron chi connectivity index (χ1n) is 5.19. The van der Waals surface area contributed by atoms with Gasteiger partial charge in [0, 0.05) is 6.42 Å². The number of ether oxygens (including phenoxy) is 1. The van der Waals surface area contributed by atoms with Gasteiger partial charge >= 0.3 is 5.97 Å². The summed E-state index contributed by atoms with van der Waals surface area (Å²) in [5, 5.41) is 65.1. The number of hydrogen-bond acceptors (Lipinski definition) is 8. The smallest absolute Gasteiger partial charge is 0.364 e. The van der Waals surface area contributed by atoms with E-state index in [1.807, 2.05) is 0 Å². The summed E-state index contributed by atoms with van der Waals surface area (Å²) in [5.41, 5.74) is 0. The molecule has 1 aliphatic rings. The van der Waals surface area contributed by atoms with Gasteiger partial charge < -0.3 is 40.5 Å². The lowest BCUT2D eigenvalue weighted by atomic mass is 9.98. The van der Waals surface area contributed by atoms with E-state index in [2.05, 4.69) is 4.74 Å². The van der Waals surface area contributed by atoms with Crippen LogP contribution in [0, 0.1) is 0 Å². The van der Waals surface area contributed by atoms with Crippen molar-refractivity contribution < 1.29 is 45.3 Å². The van der Waals surface area contributed by atoms with Gasteiger partial charge in [-0.25, -0.2) is 4.79 Å². The molecule has 0 spiro atoms. The molecule has 1 aliphatic heterocycles. The minimum atomic E-state index is -2.88. The average molecular weight is 268 g/mol.